The maximum Gasteiger partial charge on any atom is 0.279 e. The lowest BCUT2D eigenvalue weighted by atomic mass is 10.2. The number of non-ortho nitro benzene ring substituents is 1. The van der Waals surface area contributed by atoms with Crippen LogP contribution in [-0.2, 0) is 6.54 Å². The van der Waals surface area contributed by atoms with Gasteiger partial charge in [0, 0.05) is 17.7 Å². The Kier molecular flexibility index (Phi) is 4.65. The summed E-state index contributed by atoms with van der Waals surface area (Å²) in [4.78, 5) is 27.2. The number of amides is 1. The predicted octanol–water partition coefficient (Wildman–Crippen LogP) is 3.64. The number of carbonyl (C=O) groups excluding carboxylic acids is 1. The van der Waals surface area contributed by atoms with Gasteiger partial charge in [0.25, 0.3) is 11.6 Å². The Bertz CT molecular complexity index is 1110. The number of fused-ring (bicyclic) bond motifs is 1. The highest BCUT2D eigenvalue weighted by molar-refractivity contribution is 7.16. The molecule has 0 aliphatic carbocycles. The van der Waals surface area contributed by atoms with E-state index in [9.17, 15) is 14.9 Å². The second-order valence-corrected chi connectivity index (χ2v) is 6.40. The van der Waals surface area contributed by atoms with Gasteiger partial charge in [-0.1, -0.05) is 41.0 Å². The number of terminal acetylenes is 1. The van der Waals surface area contributed by atoms with E-state index in [0.717, 1.165) is 4.70 Å². The minimum Gasteiger partial charge on any atom is -0.303 e. The smallest absolute Gasteiger partial charge is 0.279 e. The van der Waals surface area contributed by atoms with Crippen LogP contribution >= 0.6 is 22.9 Å². The van der Waals surface area contributed by atoms with Gasteiger partial charge in [-0.3, -0.25) is 14.9 Å². The highest BCUT2D eigenvalue weighted by atomic mass is 35.5. The molecule has 0 saturated heterocycles. The van der Waals surface area contributed by atoms with E-state index >= 15 is 0 Å². The molecule has 0 spiro atoms. The summed E-state index contributed by atoms with van der Waals surface area (Å²) >= 11 is 7.51. The average molecular weight is 372 g/mol. The highest BCUT2D eigenvalue weighted by Gasteiger charge is 2.13. The Labute approximate surface area is 151 Å². The largest absolute Gasteiger partial charge is 0.303 e. The third-order valence-corrected chi connectivity index (χ3v) is 4.75. The van der Waals surface area contributed by atoms with Crippen LogP contribution in [0.25, 0.3) is 10.2 Å². The maximum atomic E-state index is 12.4. The van der Waals surface area contributed by atoms with Crippen molar-refractivity contribution in [2.75, 3.05) is 0 Å². The minimum absolute atomic E-state index is 0.130. The summed E-state index contributed by atoms with van der Waals surface area (Å²) in [5.41, 5.74) is 0.666. The Hall–Kier alpha value is -2.95. The Morgan fingerprint density at radius 2 is 2.12 bits per heavy atom. The fourth-order valence-electron chi connectivity index (χ4n) is 2.31. The molecule has 1 amide bonds. The topological polar surface area (TPSA) is 77.5 Å². The van der Waals surface area contributed by atoms with Gasteiger partial charge in [-0.25, -0.2) is 0 Å². The van der Waals surface area contributed by atoms with E-state index < -0.39 is 10.8 Å². The van der Waals surface area contributed by atoms with Crippen LogP contribution in [0, 0.1) is 22.5 Å². The molecule has 1 heterocycles. The van der Waals surface area contributed by atoms with Crippen molar-refractivity contribution in [1.82, 2.24) is 4.57 Å². The molecule has 25 heavy (non-hydrogen) atoms. The molecule has 8 heteroatoms. The maximum absolute atomic E-state index is 12.4. The summed E-state index contributed by atoms with van der Waals surface area (Å²) in [6.45, 7) is 0.199. The van der Waals surface area contributed by atoms with Gasteiger partial charge < -0.3 is 4.57 Å². The van der Waals surface area contributed by atoms with Crippen molar-refractivity contribution in [2.45, 2.75) is 6.54 Å². The molecule has 0 aliphatic rings. The monoisotopic (exact) mass is 371 g/mol. The molecule has 0 atom stereocenters. The third kappa shape index (κ3) is 3.31. The van der Waals surface area contributed by atoms with Crippen molar-refractivity contribution in [2.24, 2.45) is 4.99 Å². The number of thiazole rings is 1. The van der Waals surface area contributed by atoms with E-state index in [1.807, 2.05) is 6.07 Å². The van der Waals surface area contributed by atoms with Crippen LogP contribution < -0.4 is 4.80 Å². The summed E-state index contributed by atoms with van der Waals surface area (Å²) in [5, 5.41) is 11.4. The fourth-order valence-corrected chi connectivity index (χ4v) is 3.70. The number of rotatable bonds is 3. The van der Waals surface area contributed by atoms with Gasteiger partial charge in [0.1, 0.15) is 0 Å². The number of hydrogen-bond acceptors (Lipinski definition) is 4. The molecule has 0 radical (unpaired) electrons. The molecule has 6 nitrogen and oxygen atoms in total. The summed E-state index contributed by atoms with van der Waals surface area (Å²) < 4.78 is 2.52. The van der Waals surface area contributed by atoms with E-state index in [4.69, 9.17) is 18.0 Å². The number of para-hydroxylation sites is 1. The number of nitrogens with zero attached hydrogens (tertiary/aromatic N) is 3. The van der Waals surface area contributed by atoms with Crippen LogP contribution in [0.4, 0.5) is 5.69 Å². The molecule has 0 bridgehead atoms. The van der Waals surface area contributed by atoms with E-state index in [0.29, 0.717) is 15.3 Å². The lowest BCUT2D eigenvalue weighted by Gasteiger charge is -2.01. The first-order valence-corrected chi connectivity index (χ1v) is 8.25. The number of nitro benzene ring substituents is 1. The van der Waals surface area contributed by atoms with Crippen LogP contribution in [0.15, 0.2) is 47.5 Å². The molecule has 0 aliphatic heterocycles. The zero-order valence-electron chi connectivity index (χ0n) is 12.7. The van der Waals surface area contributed by atoms with Gasteiger partial charge >= 0.3 is 0 Å². The summed E-state index contributed by atoms with van der Waals surface area (Å²) in [5.74, 6) is 1.93. The van der Waals surface area contributed by atoms with Crippen molar-refractivity contribution < 1.29 is 9.72 Å². The van der Waals surface area contributed by atoms with Crippen LogP contribution in [-0.4, -0.2) is 15.4 Å². The fraction of sp³-hybridized carbons (Fsp3) is 0.0588. The summed E-state index contributed by atoms with van der Waals surface area (Å²) in [6, 6.07) is 10.8. The SMILES string of the molecule is C#CCn1c(=NC(=O)c2cccc([N+](=O)[O-])c2)sc2cccc(Cl)c21. The van der Waals surface area contributed by atoms with E-state index in [1.165, 1.54) is 35.6 Å². The number of hydrogen-bond donors (Lipinski definition) is 0. The number of benzene rings is 2. The molecule has 0 fully saturated rings. The van der Waals surface area contributed by atoms with Gasteiger partial charge in [-0.05, 0) is 18.2 Å². The van der Waals surface area contributed by atoms with E-state index in [2.05, 4.69) is 10.9 Å². The molecular formula is C17H10ClN3O3S. The van der Waals surface area contributed by atoms with E-state index in [1.54, 1.807) is 16.7 Å². The second-order valence-electron chi connectivity index (χ2n) is 4.99. The summed E-state index contributed by atoms with van der Waals surface area (Å²) in [7, 11) is 0. The Morgan fingerprint density at radius 1 is 1.36 bits per heavy atom. The van der Waals surface area contributed by atoms with Crippen molar-refractivity contribution in [3.8, 4) is 12.3 Å². The number of halogens is 1. The first kappa shape index (κ1) is 16.9. The van der Waals surface area contributed by atoms with Crippen LogP contribution in [0.5, 0.6) is 0 Å². The highest BCUT2D eigenvalue weighted by Crippen LogP contribution is 2.25. The van der Waals surface area contributed by atoms with Crippen LogP contribution in [0.3, 0.4) is 0 Å². The van der Waals surface area contributed by atoms with Crippen LogP contribution in [0.2, 0.25) is 5.02 Å². The molecule has 2 aromatic carbocycles. The molecule has 3 aromatic rings. The molecule has 0 saturated carbocycles. The van der Waals surface area contributed by atoms with Crippen molar-refractivity contribution in [1.29, 1.82) is 0 Å². The molecule has 124 valence electrons. The van der Waals surface area contributed by atoms with Gasteiger partial charge in [-0.15, -0.1) is 6.42 Å². The first-order valence-electron chi connectivity index (χ1n) is 7.06. The number of aromatic nitrogens is 1. The molecule has 0 N–H and O–H groups in total. The zero-order chi connectivity index (χ0) is 18.0. The Morgan fingerprint density at radius 3 is 2.84 bits per heavy atom. The Balaban J connectivity index is 2.15. The lowest BCUT2D eigenvalue weighted by molar-refractivity contribution is -0.384. The van der Waals surface area contributed by atoms with Crippen LogP contribution in [0.1, 0.15) is 10.4 Å². The summed E-state index contributed by atoms with van der Waals surface area (Å²) in [6.07, 6.45) is 5.41. The van der Waals surface area contributed by atoms with Crippen molar-refractivity contribution >= 4 is 44.7 Å². The average Bonchev–Trinajstić information content (AvgIpc) is 2.94. The van der Waals surface area contributed by atoms with Gasteiger partial charge in [-0.2, -0.15) is 4.99 Å². The minimum atomic E-state index is -0.586. The number of nitro groups is 1. The predicted molar refractivity (Wildman–Crippen MR) is 96.6 cm³/mol. The zero-order valence-corrected chi connectivity index (χ0v) is 14.3. The standard InChI is InChI=1S/C17H10ClN3O3S/c1-2-9-20-15-13(18)7-4-8-14(15)25-17(20)19-16(22)11-5-3-6-12(10-11)21(23)24/h1,3-8,10H,9H2. The molecule has 0 unspecified atom stereocenters. The molecule has 1 aromatic heterocycles. The third-order valence-electron chi connectivity index (χ3n) is 3.40. The number of carbonyl (C=O) groups is 1. The van der Waals surface area contributed by atoms with Gasteiger partial charge in [0.2, 0.25) is 0 Å². The normalized spacial score (nSPS) is 11.4. The van der Waals surface area contributed by atoms with Crippen molar-refractivity contribution in [3.05, 3.63) is 68.0 Å². The van der Waals surface area contributed by atoms with E-state index in [-0.39, 0.29) is 17.8 Å². The second kappa shape index (κ2) is 6.89. The molecule has 3 rings (SSSR count). The quantitative estimate of drug-likeness (QED) is 0.400. The first-order chi connectivity index (χ1) is 12.0. The molecular weight excluding hydrogens is 362 g/mol. The van der Waals surface area contributed by atoms with Gasteiger partial charge in [0.05, 0.1) is 26.7 Å². The van der Waals surface area contributed by atoms with Gasteiger partial charge in [0.15, 0.2) is 4.80 Å². The van der Waals surface area contributed by atoms with Crippen molar-refractivity contribution in [3.63, 3.8) is 0 Å². The lowest BCUT2D eigenvalue weighted by Crippen LogP contribution is -2.16.